The highest BCUT2D eigenvalue weighted by atomic mass is 16.5. The van der Waals surface area contributed by atoms with Crippen molar-refractivity contribution in [2.24, 2.45) is 5.73 Å². The summed E-state index contributed by atoms with van der Waals surface area (Å²) in [5, 5.41) is 0. The molecule has 1 amide bonds. The van der Waals surface area contributed by atoms with Gasteiger partial charge in [-0.2, -0.15) is 0 Å². The molecule has 2 aromatic rings. The second-order valence-corrected chi connectivity index (χ2v) is 7.34. The van der Waals surface area contributed by atoms with Crippen LogP contribution in [0.25, 0.3) is 0 Å². The summed E-state index contributed by atoms with van der Waals surface area (Å²) in [6.07, 6.45) is 2.30. The maximum absolute atomic E-state index is 11.2. The summed E-state index contributed by atoms with van der Waals surface area (Å²) in [5.41, 5.74) is 9.85. The van der Waals surface area contributed by atoms with E-state index in [9.17, 15) is 4.79 Å². The molecule has 0 spiro atoms. The summed E-state index contributed by atoms with van der Waals surface area (Å²) in [7, 11) is 0. The number of amides is 1. The number of carbonyl (C=O) groups is 1. The third kappa shape index (κ3) is 4.15. The Bertz CT molecular complexity index is 782. The van der Waals surface area contributed by atoms with Crippen molar-refractivity contribution in [3.05, 3.63) is 65.2 Å². The Labute approximate surface area is 160 Å². The molecule has 1 saturated heterocycles. The van der Waals surface area contributed by atoms with Gasteiger partial charge in [0.1, 0.15) is 0 Å². The van der Waals surface area contributed by atoms with Gasteiger partial charge in [0.25, 0.3) is 0 Å². The lowest BCUT2D eigenvalue weighted by Crippen LogP contribution is -2.47. The van der Waals surface area contributed by atoms with Crippen LogP contribution in [-0.4, -0.2) is 50.1 Å². The summed E-state index contributed by atoms with van der Waals surface area (Å²) in [6.45, 7) is 5.98. The van der Waals surface area contributed by atoms with Crippen LogP contribution in [0.3, 0.4) is 0 Å². The van der Waals surface area contributed by atoms with Gasteiger partial charge in [0.05, 0.1) is 12.7 Å². The third-order valence-corrected chi connectivity index (χ3v) is 5.69. The lowest BCUT2D eigenvalue weighted by atomic mass is 9.95. The van der Waals surface area contributed by atoms with Crippen molar-refractivity contribution in [1.29, 1.82) is 0 Å². The molecule has 1 fully saturated rings. The first kappa shape index (κ1) is 18.0. The highest BCUT2D eigenvalue weighted by Gasteiger charge is 2.23. The number of nitrogens with two attached hydrogens (primary N) is 1. The topological polar surface area (TPSA) is 58.8 Å². The quantitative estimate of drug-likeness (QED) is 0.885. The van der Waals surface area contributed by atoms with E-state index in [1.54, 1.807) is 0 Å². The van der Waals surface area contributed by atoms with Crippen LogP contribution < -0.4 is 10.6 Å². The predicted molar refractivity (Wildman–Crippen MR) is 107 cm³/mol. The molecule has 27 heavy (non-hydrogen) atoms. The SMILES string of the molecule is NC(=O)c1ccc(N2CCN(CCC3OCCc4ccccc43)CC2)cc1. The molecule has 2 N–H and O–H groups in total. The maximum atomic E-state index is 11.2. The van der Waals surface area contributed by atoms with E-state index in [1.165, 1.54) is 11.1 Å². The molecule has 2 aliphatic heterocycles. The fourth-order valence-electron chi connectivity index (χ4n) is 4.08. The van der Waals surface area contributed by atoms with E-state index in [0.717, 1.165) is 57.9 Å². The number of primary amides is 1. The van der Waals surface area contributed by atoms with Gasteiger partial charge in [-0.25, -0.2) is 0 Å². The molecular formula is C22H27N3O2. The highest BCUT2D eigenvalue weighted by molar-refractivity contribution is 5.93. The first-order valence-electron chi connectivity index (χ1n) is 9.77. The second-order valence-electron chi connectivity index (χ2n) is 7.34. The number of rotatable bonds is 5. The highest BCUT2D eigenvalue weighted by Crippen LogP contribution is 2.29. The minimum Gasteiger partial charge on any atom is -0.373 e. The van der Waals surface area contributed by atoms with E-state index in [-0.39, 0.29) is 12.0 Å². The third-order valence-electron chi connectivity index (χ3n) is 5.69. The van der Waals surface area contributed by atoms with Crippen molar-refractivity contribution in [2.75, 3.05) is 44.2 Å². The molecule has 2 aromatic carbocycles. The number of benzene rings is 2. The Hall–Kier alpha value is -2.37. The van der Waals surface area contributed by atoms with E-state index in [4.69, 9.17) is 10.5 Å². The predicted octanol–water partition coefficient (Wildman–Crippen LogP) is 2.61. The van der Waals surface area contributed by atoms with Gasteiger partial charge < -0.3 is 15.4 Å². The van der Waals surface area contributed by atoms with Gasteiger partial charge in [0.15, 0.2) is 0 Å². The van der Waals surface area contributed by atoms with Crippen LogP contribution >= 0.6 is 0 Å². The van der Waals surface area contributed by atoms with Gasteiger partial charge in [-0.1, -0.05) is 24.3 Å². The van der Waals surface area contributed by atoms with Crippen LogP contribution in [0.15, 0.2) is 48.5 Å². The number of fused-ring (bicyclic) bond motifs is 1. The summed E-state index contributed by atoms with van der Waals surface area (Å²) >= 11 is 0. The lowest BCUT2D eigenvalue weighted by molar-refractivity contribution is 0.0289. The normalized spacial score (nSPS) is 20.3. The molecule has 4 rings (SSSR count). The lowest BCUT2D eigenvalue weighted by Gasteiger charge is -2.37. The molecule has 5 nitrogen and oxygen atoms in total. The van der Waals surface area contributed by atoms with Crippen molar-refractivity contribution in [3.8, 4) is 0 Å². The smallest absolute Gasteiger partial charge is 0.248 e. The van der Waals surface area contributed by atoms with Gasteiger partial charge >= 0.3 is 0 Å². The van der Waals surface area contributed by atoms with E-state index in [2.05, 4.69) is 34.1 Å². The average Bonchev–Trinajstić information content (AvgIpc) is 2.72. The van der Waals surface area contributed by atoms with Crippen LogP contribution in [0.5, 0.6) is 0 Å². The van der Waals surface area contributed by atoms with Crippen LogP contribution in [0.4, 0.5) is 5.69 Å². The van der Waals surface area contributed by atoms with Crippen molar-refractivity contribution < 1.29 is 9.53 Å². The Morgan fingerprint density at radius 3 is 2.52 bits per heavy atom. The largest absolute Gasteiger partial charge is 0.373 e. The second kappa shape index (κ2) is 8.11. The molecule has 2 heterocycles. The average molecular weight is 365 g/mol. The molecule has 1 atom stereocenters. The molecule has 1 unspecified atom stereocenters. The summed E-state index contributed by atoms with van der Waals surface area (Å²) in [4.78, 5) is 16.1. The molecule has 142 valence electrons. The van der Waals surface area contributed by atoms with Gasteiger partial charge in [-0.05, 0) is 48.2 Å². The van der Waals surface area contributed by atoms with Crippen LogP contribution in [-0.2, 0) is 11.2 Å². The Morgan fingerprint density at radius 1 is 1.04 bits per heavy atom. The number of ether oxygens (including phenoxy) is 1. The summed E-state index contributed by atoms with van der Waals surface area (Å²) < 4.78 is 6.04. The number of nitrogens with zero attached hydrogens (tertiary/aromatic N) is 2. The molecular weight excluding hydrogens is 338 g/mol. The molecule has 0 radical (unpaired) electrons. The van der Waals surface area contributed by atoms with Crippen LogP contribution in [0.1, 0.15) is 34.0 Å². The molecule has 5 heteroatoms. The maximum Gasteiger partial charge on any atom is 0.248 e. The Morgan fingerprint density at radius 2 is 1.78 bits per heavy atom. The first-order chi connectivity index (χ1) is 13.2. The van der Waals surface area contributed by atoms with E-state index in [0.29, 0.717) is 5.56 Å². The van der Waals surface area contributed by atoms with Gasteiger partial charge in [-0.15, -0.1) is 0 Å². The fourth-order valence-corrected chi connectivity index (χ4v) is 4.08. The number of hydrogen-bond acceptors (Lipinski definition) is 4. The van der Waals surface area contributed by atoms with Crippen molar-refractivity contribution >= 4 is 11.6 Å². The Balaban J connectivity index is 1.28. The molecule has 2 aliphatic rings. The van der Waals surface area contributed by atoms with Crippen molar-refractivity contribution in [2.45, 2.75) is 18.9 Å². The number of piperazine rings is 1. The van der Waals surface area contributed by atoms with Gasteiger partial charge in [0, 0.05) is 44.0 Å². The van der Waals surface area contributed by atoms with E-state index in [1.807, 2.05) is 24.3 Å². The monoisotopic (exact) mass is 365 g/mol. The fraction of sp³-hybridized carbons (Fsp3) is 0.409. The summed E-state index contributed by atoms with van der Waals surface area (Å²) in [5.74, 6) is -0.377. The Kier molecular flexibility index (Phi) is 5.41. The first-order valence-corrected chi connectivity index (χ1v) is 9.77. The minimum absolute atomic E-state index is 0.231. The number of anilines is 1. The van der Waals surface area contributed by atoms with E-state index >= 15 is 0 Å². The summed E-state index contributed by atoms with van der Waals surface area (Å²) in [6, 6.07) is 16.3. The molecule has 0 bridgehead atoms. The van der Waals surface area contributed by atoms with Crippen molar-refractivity contribution in [3.63, 3.8) is 0 Å². The van der Waals surface area contributed by atoms with Gasteiger partial charge in [0.2, 0.25) is 5.91 Å². The molecule has 0 saturated carbocycles. The zero-order chi connectivity index (χ0) is 18.6. The zero-order valence-electron chi connectivity index (χ0n) is 15.6. The molecule has 0 aliphatic carbocycles. The number of hydrogen-bond donors (Lipinski definition) is 1. The van der Waals surface area contributed by atoms with Crippen LogP contribution in [0, 0.1) is 0 Å². The van der Waals surface area contributed by atoms with Crippen molar-refractivity contribution in [1.82, 2.24) is 4.90 Å². The van der Waals surface area contributed by atoms with Gasteiger partial charge in [-0.3, -0.25) is 9.69 Å². The van der Waals surface area contributed by atoms with E-state index < -0.39 is 0 Å². The number of carbonyl (C=O) groups excluding carboxylic acids is 1. The minimum atomic E-state index is -0.377. The standard InChI is InChI=1S/C22H27N3O2/c23-22(26)18-5-7-19(8-6-18)25-14-12-24(13-15-25)11-9-21-20-4-2-1-3-17(20)10-16-27-21/h1-8,21H,9-16H2,(H2,23,26). The molecule has 0 aromatic heterocycles. The van der Waals surface area contributed by atoms with Crippen LogP contribution in [0.2, 0.25) is 0 Å². The zero-order valence-corrected chi connectivity index (χ0v) is 15.6.